The maximum atomic E-state index is 6.17. The van der Waals surface area contributed by atoms with Gasteiger partial charge < -0.3 is 14.0 Å². The molecule has 0 N–H and O–H groups in total. The first-order valence-corrected chi connectivity index (χ1v) is 8.71. The lowest BCUT2D eigenvalue weighted by atomic mass is 9.76. The van der Waals surface area contributed by atoms with E-state index in [4.69, 9.17) is 21.1 Å². The van der Waals surface area contributed by atoms with Gasteiger partial charge in [-0.1, -0.05) is 23.7 Å². The van der Waals surface area contributed by atoms with Gasteiger partial charge in [-0.3, -0.25) is 0 Å². The summed E-state index contributed by atoms with van der Waals surface area (Å²) in [5.74, 6) is 0.861. The Morgan fingerprint density at radius 3 is 2.68 bits per heavy atom. The smallest absolute Gasteiger partial charge is 0.162 e. The molecule has 4 rings (SSSR count). The molecule has 25 heavy (non-hydrogen) atoms. The zero-order valence-electron chi connectivity index (χ0n) is 14.3. The number of ether oxygens (including phenoxy) is 2. The van der Waals surface area contributed by atoms with Gasteiger partial charge in [0.25, 0.3) is 0 Å². The van der Waals surface area contributed by atoms with Crippen molar-refractivity contribution in [3.8, 4) is 5.75 Å². The predicted octanol–water partition coefficient (Wildman–Crippen LogP) is 4.40. The van der Waals surface area contributed by atoms with E-state index in [0.717, 1.165) is 35.2 Å². The number of methoxy groups -OCH3 is 1. The molecule has 2 heterocycles. The summed E-state index contributed by atoms with van der Waals surface area (Å²) in [5, 5.41) is 9.63. The molecular formula is C19H20ClN3O2. The number of hydrogen-bond donors (Lipinski definition) is 0. The van der Waals surface area contributed by atoms with Gasteiger partial charge in [-0.25, -0.2) is 0 Å². The van der Waals surface area contributed by atoms with Crippen molar-refractivity contribution >= 4 is 22.6 Å². The molecule has 6 heteroatoms. The van der Waals surface area contributed by atoms with E-state index in [0.29, 0.717) is 17.8 Å². The van der Waals surface area contributed by atoms with Crippen LogP contribution in [0, 0.1) is 0 Å². The first-order valence-electron chi connectivity index (χ1n) is 8.33. The van der Waals surface area contributed by atoms with E-state index >= 15 is 0 Å². The summed E-state index contributed by atoms with van der Waals surface area (Å²) >= 11 is 5.91. The van der Waals surface area contributed by atoms with Gasteiger partial charge in [0.15, 0.2) is 10.8 Å². The molecule has 1 saturated carbocycles. The second kappa shape index (κ2) is 6.32. The molecular weight excluding hydrogens is 338 g/mol. The highest BCUT2D eigenvalue weighted by atomic mass is 35.5. The molecule has 0 radical (unpaired) electrons. The van der Waals surface area contributed by atoms with E-state index in [2.05, 4.69) is 27.9 Å². The van der Waals surface area contributed by atoms with Crippen LogP contribution in [0.1, 0.15) is 31.4 Å². The van der Waals surface area contributed by atoms with E-state index < -0.39 is 0 Å². The van der Waals surface area contributed by atoms with Crippen molar-refractivity contribution in [1.29, 1.82) is 0 Å². The Kier molecular flexibility index (Phi) is 4.13. The average Bonchev–Trinajstić information content (AvgIpc) is 3.00. The maximum absolute atomic E-state index is 6.17. The monoisotopic (exact) mass is 357 g/mol. The summed E-state index contributed by atoms with van der Waals surface area (Å²) < 4.78 is 13.5. The topological polar surface area (TPSA) is 49.2 Å². The quantitative estimate of drug-likeness (QED) is 0.679. The van der Waals surface area contributed by atoms with Crippen LogP contribution in [0.25, 0.3) is 11.0 Å². The number of aromatic nitrogens is 3. The van der Waals surface area contributed by atoms with Crippen LogP contribution in [0.3, 0.4) is 0 Å². The fourth-order valence-corrected chi connectivity index (χ4v) is 3.61. The summed E-state index contributed by atoms with van der Waals surface area (Å²) in [7, 11) is 1.67. The van der Waals surface area contributed by atoms with Crippen LogP contribution in [0.2, 0.25) is 5.15 Å². The SMILES string of the molecule is COc1ccc(COC2(C)CC(n3ccc4cc(Cl)nnc43)C2)cc1. The third kappa shape index (κ3) is 3.22. The van der Waals surface area contributed by atoms with Crippen molar-refractivity contribution in [3.63, 3.8) is 0 Å². The lowest BCUT2D eigenvalue weighted by Crippen LogP contribution is -2.44. The number of fused-ring (bicyclic) bond motifs is 1. The summed E-state index contributed by atoms with van der Waals surface area (Å²) in [5.41, 5.74) is 1.92. The molecule has 0 amide bonds. The lowest BCUT2D eigenvalue weighted by Gasteiger charge is -2.45. The van der Waals surface area contributed by atoms with Gasteiger partial charge in [0.05, 0.1) is 19.3 Å². The van der Waals surface area contributed by atoms with Gasteiger partial charge in [-0.05, 0) is 49.6 Å². The van der Waals surface area contributed by atoms with Crippen molar-refractivity contribution in [2.24, 2.45) is 0 Å². The fraction of sp³-hybridized carbons (Fsp3) is 0.368. The molecule has 0 atom stereocenters. The maximum Gasteiger partial charge on any atom is 0.162 e. The first kappa shape index (κ1) is 16.4. The van der Waals surface area contributed by atoms with Crippen LogP contribution in [-0.2, 0) is 11.3 Å². The number of hydrogen-bond acceptors (Lipinski definition) is 4. The minimum absolute atomic E-state index is 0.110. The van der Waals surface area contributed by atoms with E-state index in [1.165, 1.54) is 0 Å². The third-order valence-electron chi connectivity index (χ3n) is 4.91. The van der Waals surface area contributed by atoms with Crippen molar-refractivity contribution in [2.75, 3.05) is 7.11 Å². The van der Waals surface area contributed by atoms with Crippen molar-refractivity contribution in [1.82, 2.24) is 14.8 Å². The zero-order chi connectivity index (χ0) is 17.4. The van der Waals surface area contributed by atoms with E-state index in [1.807, 2.05) is 36.4 Å². The number of nitrogens with zero attached hydrogens (tertiary/aromatic N) is 3. The van der Waals surface area contributed by atoms with Crippen LogP contribution >= 0.6 is 11.6 Å². The van der Waals surface area contributed by atoms with Crippen LogP contribution in [0.15, 0.2) is 42.6 Å². The Bertz CT molecular complexity index is 885. The largest absolute Gasteiger partial charge is 0.497 e. The highest BCUT2D eigenvalue weighted by Crippen LogP contribution is 2.45. The molecule has 0 unspecified atom stereocenters. The second-order valence-electron chi connectivity index (χ2n) is 6.82. The van der Waals surface area contributed by atoms with Crippen LogP contribution in [0.4, 0.5) is 0 Å². The molecule has 1 aliphatic rings. The average molecular weight is 358 g/mol. The number of halogens is 1. The van der Waals surface area contributed by atoms with Gasteiger partial charge >= 0.3 is 0 Å². The van der Waals surface area contributed by atoms with Crippen molar-refractivity contribution in [3.05, 3.63) is 53.3 Å². The molecule has 3 aromatic rings. The molecule has 1 aliphatic carbocycles. The molecule has 0 spiro atoms. The summed E-state index contributed by atoms with van der Waals surface area (Å²) in [6.07, 6.45) is 3.97. The summed E-state index contributed by atoms with van der Waals surface area (Å²) in [6.45, 7) is 2.77. The Morgan fingerprint density at radius 1 is 1.20 bits per heavy atom. The fourth-order valence-electron chi connectivity index (χ4n) is 3.45. The molecule has 0 saturated heterocycles. The Hall–Kier alpha value is -2.11. The van der Waals surface area contributed by atoms with Gasteiger partial charge in [0.2, 0.25) is 0 Å². The zero-order valence-corrected chi connectivity index (χ0v) is 15.0. The van der Waals surface area contributed by atoms with Gasteiger partial charge in [-0.2, -0.15) is 0 Å². The lowest BCUT2D eigenvalue weighted by molar-refractivity contribution is -0.118. The Balaban J connectivity index is 1.39. The summed E-state index contributed by atoms with van der Waals surface area (Å²) in [4.78, 5) is 0. The van der Waals surface area contributed by atoms with Crippen molar-refractivity contribution in [2.45, 2.75) is 38.0 Å². The molecule has 1 fully saturated rings. The molecule has 2 aromatic heterocycles. The van der Waals surface area contributed by atoms with Crippen LogP contribution in [-0.4, -0.2) is 27.5 Å². The minimum Gasteiger partial charge on any atom is -0.497 e. The van der Waals surface area contributed by atoms with E-state index in [1.54, 1.807) is 7.11 Å². The standard InChI is InChI=1S/C19H20ClN3O2/c1-19(25-12-13-3-5-16(24-2)6-4-13)10-15(11-19)23-8-7-14-9-17(20)21-22-18(14)23/h3-9,15H,10-12H2,1-2H3. The second-order valence-corrected chi connectivity index (χ2v) is 7.20. The highest BCUT2D eigenvalue weighted by molar-refractivity contribution is 6.29. The van der Waals surface area contributed by atoms with Crippen LogP contribution < -0.4 is 4.74 Å². The highest BCUT2D eigenvalue weighted by Gasteiger charge is 2.42. The molecule has 5 nitrogen and oxygen atoms in total. The Morgan fingerprint density at radius 2 is 1.96 bits per heavy atom. The Labute approximate surface area is 151 Å². The van der Waals surface area contributed by atoms with Gasteiger partial charge in [0, 0.05) is 17.6 Å². The number of rotatable bonds is 5. The number of benzene rings is 1. The minimum atomic E-state index is -0.110. The van der Waals surface area contributed by atoms with Gasteiger partial charge in [0.1, 0.15) is 5.75 Å². The van der Waals surface area contributed by atoms with E-state index in [9.17, 15) is 0 Å². The van der Waals surface area contributed by atoms with Crippen LogP contribution in [0.5, 0.6) is 5.75 Å². The van der Waals surface area contributed by atoms with Crippen molar-refractivity contribution < 1.29 is 9.47 Å². The van der Waals surface area contributed by atoms with E-state index in [-0.39, 0.29) is 5.60 Å². The summed E-state index contributed by atoms with van der Waals surface area (Å²) in [6, 6.07) is 12.3. The predicted molar refractivity (Wildman–Crippen MR) is 97.0 cm³/mol. The first-order chi connectivity index (χ1) is 12.1. The molecule has 130 valence electrons. The normalized spacial score (nSPS) is 22.8. The third-order valence-corrected chi connectivity index (χ3v) is 5.09. The molecule has 0 aliphatic heterocycles. The molecule has 0 bridgehead atoms. The molecule has 1 aromatic carbocycles. The van der Waals surface area contributed by atoms with Gasteiger partial charge in [-0.15, -0.1) is 10.2 Å².